The number of halogens is 1. The normalized spacial score (nSPS) is 10.6. The summed E-state index contributed by atoms with van der Waals surface area (Å²) in [5, 5.41) is 9.33. The van der Waals surface area contributed by atoms with Crippen LogP contribution in [0, 0.1) is 0 Å². The first kappa shape index (κ1) is 25.9. The summed E-state index contributed by atoms with van der Waals surface area (Å²) >= 11 is 6.01. The van der Waals surface area contributed by atoms with Crippen LogP contribution in [0.3, 0.4) is 0 Å². The Kier molecular flexibility index (Phi) is 16.4. The maximum atomic E-state index is 10.9. The van der Waals surface area contributed by atoms with E-state index in [1.165, 1.54) is 83.5 Å². The summed E-state index contributed by atoms with van der Waals surface area (Å²) in [6, 6.07) is 5.30. The maximum absolute atomic E-state index is 10.9. The van der Waals surface area contributed by atoms with E-state index in [1.807, 2.05) is 6.07 Å². The summed E-state index contributed by atoms with van der Waals surface area (Å²) in [6.45, 7) is 2.27. The van der Waals surface area contributed by atoms with Gasteiger partial charge in [-0.2, -0.15) is 0 Å². The molecule has 3 nitrogen and oxygen atoms in total. The Bertz CT molecular complexity index is 505. The first-order valence-electron chi connectivity index (χ1n) is 10.7. The lowest BCUT2D eigenvalue weighted by Crippen LogP contribution is -1.98. The fraction of sp³-hybridized carbons (Fsp3) is 0.696. The zero-order chi connectivity index (χ0) is 19.0. The summed E-state index contributed by atoms with van der Waals surface area (Å²) in [6.07, 6.45) is 20.1. The third-order valence-corrected chi connectivity index (χ3v) is 5.40. The van der Waals surface area contributed by atoms with Crippen molar-refractivity contribution in [3.05, 3.63) is 34.3 Å². The number of rotatable bonds is 16. The molecule has 1 aromatic carbocycles. The van der Waals surface area contributed by atoms with Crippen molar-refractivity contribution in [1.29, 1.82) is 0 Å². The molecule has 1 aromatic rings. The van der Waals surface area contributed by atoms with Crippen LogP contribution in [0.4, 0.5) is 0 Å². The number of carboxylic acids is 1. The highest BCUT2D eigenvalue weighted by atomic mass is 35.5. The van der Waals surface area contributed by atoms with Crippen LogP contribution < -0.4 is 6.15 Å². The Morgan fingerprint density at radius 3 is 1.67 bits per heavy atom. The Labute approximate surface area is 171 Å². The van der Waals surface area contributed by atoms with Crippen LogP contribution in [0.1, 0.15) is 113 Å². The molecule has 0 spiro atoms. The molecule has 0 aliphatic carbocycles. The van der Waals surface area contributed by atoms with E-state index in [0.717, 1.165) is 18.4 Å². The van der Waals surface area contributed by atoms with E-state index < -0.39 is 5.97 Å². The second-order valence-electron chi connectivity index (χ2n) is 7.47. The first-order valence-corrected chi connectivity index (χ1v) is 11.0. The molecule has 0 aromatic heterocycles. The monoisotopic (exact) mass is 397 g/mol. The molecule has 0 saturated carbocycles. The van der Waals surface area contributed by atoms with Gasteiger partial charge in [-0.15, -0.1) is 0 Å². The van der Waals surface area contributed by atoms with Gasteiger partial charge in [0, 0.05) is 0 Å². The van der Waals surface area contributed by atoms with Crippen LogP contribution in [-0.2, 0) is 6.42 Å². The van der Waals surface area contributed by atoms with Crippen molar-refractivity contribution in [2.45, 2.75) is 103 Å². The molecule has 0 aliphatic heterocycles. The molecule has 0 fully saturated rings. The molecule has 4 N–H and O–H groups in total. The van der Waals surface area contributed by atoms with Gasteiger partial charge in [0.05, 0.1) is 10.6 Å². The molecule has 0 amide bonds. The van der Waals surface area contributed by atoms with Crippen molar-refractivity contribution in [2.75, 3.05) is 0 Å². The highest BCUT2D eigenvalue weighted by Crippen LogP contribution is 2.20. The van der Waals surface area contributed by atoms with Gasteiger partial charge in [-0.1, -0.05) is 108 Å². The Balaban J connectivity index is 0.00000676. The fourth-order valence-electron chi connectivity index (χ4n) is 3.41. The van der Waals surface area contributed by atoms with E-state index in [0.29, 0.717) is 5.02 Å². The van der Waals surface area contributed by atoms with Crippen LogP contribution in [0.25, 0.3) is 0 Å². The van der Waals surface area contributed by atoms with Crippen LogP contribution >= 0.6 is 11.6 Å². The van der Waals surface area contributed by atoms with Gasteiger partial charge < -0.3 is 11.3 Å². The second kappa shape index (κ2) is 17.1. The van der Waals surface area contributed by atoms with Crippen molar-refractivity contribution in [2.24, 2.45) is 0 Å². The van der Waals surface area contributed by atoms with Crippen molar-refractivity contribution in [1.82, 2.24) is 6.15 Å². The predicted octanol–water partition coefficient (Wildman–Crippen LogP) is 8.22. The molecule has 0 unspecified atom stereocenters. The van der Waals surface area contributed by atoms with Gasteiger partial charge in [-0.3, -0.25) is 0 Å². The number of carboxylic acid groups (broad SMARTS) is 1. The summed E-state index contributed by atoms with van der Waals surface area (Å²) < 4.78 is 0. The first-order chi connectivity index (χ1) is 12.6. The zero-order valence-corrected chi connectivity index (χ0v) is 18.0. The van der Waals surface area contributed by atoms with E-state index in [2.05, 4.69) is 6.92 Å². The molecular formula is C23H40ClNO2. The Hall–Kier alpha value is -1.06. The molecule has 0 bridgehead atoms. The highest BCUT2D eigenvalue weighted by Gasteiger charge is 2.08. The number of aryl methyl sites for hydroxylation is 1. The van der Waals surface area contributed by atoms with Gasteiger partial charge in [0.15, 0.2) is 0 Å². The van der Waals surface area contributed by atoms with Gasteiger partial charge in [-0.25, -0.2) is 4.79 Å². The number of hydrogen-bond acceptors (Lipinski definition) is 2. The van der Waals surface area contributed by atoms with E-state index in [1.54, 1.807) is 12.1 Å². The average molecular weight is 398 g/mol. The minimum atomic E-state index is -0.960. The number of benzene rings is 1. The number of unbranched alkanes of at least 4 members (excludes halogenated alkanes) is 13. The molecule has 0 aliphatic rings. The largest absolute Gasteiger partial charge is 0.478 e. The smallest absolute Gasteiger partial charge is 0.337 e. The Morgan fingerprint density at radius 1 is 0.815 bits per heavy atom. The molecular weight excluding hydrogens is 358 g/mol. The number of aromatic carboxylic acids is 1. The van der Waals surface area contributed by atoms with Gasteiger partial charge >= 0.3 is 5.97 Å². The van der Waals surface area contributed by atoms with Gasteiger partial charge in [0.25, 0.3) is 0 Å². The fourth-order valence-corrected chi connectivity index (χ4v) is 3.70. The van der Waals surface area contributed by atoms with Crippen molar-refractivity contribution < 1.29 is 9.90 Å². The molecule has 0 saturated heterocycles. The number of hydrogen-bond donors (Lipinski definition) is 2. The predicted molar refractivity (Wildman–Crippen MR) is 117 cm³/mol. The van der Waals surface area contributed by atoms with Gasteiger partial charge in [0.1, 0.15) is 0 Å². The van der Waals surface area contributed by atoms with Gasteiger partial charge in [-0.05, 0) is 30.5 Å². The second-order valence-corrected chi connectivity index (χ2v) is 7.87. The number of carbonyl (C=O) groups is 1. The van der Waals surface area contributed by atoms with E-state index in [-0.39, 0.29) is 11.7 Å². The minimum absolute atomic E-state index is 0. The molecule has 4 heteroatoms. The third-order valence-electron chi connectivity index (χ3n) is 5.08. The molecule has 1 rings (SSSR count). The van der Waals surface area contributed by atoms with Crippen LogP contribution in [-0.4, -0.2) is 11.1 Å². The minimum Gasteiger partial charge on any atom is -0.478 e. The lowest BCUT2D eigenvalue weighted by Gasteiger charge is -2.05. The van der Waals surface area contributed by atoms with Crippen LogP contribution in [0.15, 0.2) is 18.2 Å². The molecule has 0 heterocycles. The van der Waals surface area contributed by atoms with Crippen molar-refractivity contribution in [3.63, 3.8) is 0 Å². The highest BCUT2D eigenvalue weighted by molar-refractivity contribution is 6.33. The third kappa shape index (κ3) is 12.9. The SMILES string of the molecule is CCCCCCCCCCCCCCCCc1ccc(C(=O)O)c(Cl)c1.N. The van der Waals surface area contributed by atoms with Gasteiger partial charge in [0.2, 0.25) is 0 Å². The average Bonchev–Trinajstić information content (AvgIpc) is 2.61. The van der Waals surface area contributed by atoms with Crippen LogP contribution in [0.2, 0.25) is 5.02 Å². The summed E-state index contributed by atoms with van der Waals surface area (Å²) in [7, 11) is 0. The quantitative estimate of drug-likeness (QED) is 0.276. The lowest BCUT2D eigenvalue weighted by atomic mass is 10.0. The van der Waals surface area contributed by atoms with Crippen LogP contribution in [0.5, 0.6) is 0 Å². The topological polar surface area (TPSA) is 72.3 Å². The molecule has 27 heavy (non-hydrogen) atoms. The van der Waals surface area contributed by atoms with Crippen molar-refractivity contribution in [3.8, 4) is 0 Å². The maximum Gasteiger partial charge on any atom is 0.337 e. The summed E-state index contributed by atoms with van der Waals surface area (Å²) in [4.78, 5) is 10.9. The summed E-state index contributed by atoms with van der Waals surface area (Å²) in [5.74, 6) is -0.960. The van der Waals surface area contributed by atoms with E-state index in [4.69, 9.17) is 16.7 Å². The Morgan fingerprint density at radius 2 is 1.26 bits per heavy atom. The molecule has 0 atom stereocenters. The molecule has 0 radical (unpaired) electrons. The standard InChI is InChI=1S/C23H37ClO2.H3N/c1-2-3-4-5-6-7-8-9-10-11-12-13-14-15-16-20-17-18-21(23(25)26)22(24)19-20;/h17-19H,2-16H2,1H3,(H,25,26);1H3. The lowest BCUT2D eigenvalue weighted by molar-refractivity contribution is 0.0697. The zero-order valence-electron chi connectivity index (χ0n) is 17.3. The molecule has 156 valence electrons. The summed E-state index contributed by atoms with van der Waals surface area (Å²) in [5.41, 5.74) is 1.33. The van der Waals surface area contributed by atoms with E-state index in [9.17, 15) is 4.79 Å². The van der Waals surface area contributed by atoms with Crippen molar-refractivity contribution >= 4 is 17.6 Å². The van der Waals surface area contributed by atoms with E-state index >= 15 is 0 Å².